The standard InChI is InChI=1S/C15H16FN3O/c1-10-6-7-12(16)11(9-10)15(20)18-13-5-4-8-17-14(13)19(2)3/h4-9H,1-3H3,(H,18,20). The Morgan fingerprint density at radius 1 is 1.30 bits per heavy atom. The van der Waals surface area contributed by atoms with Crippen LogP contribution < -0.4 is 10.2 Å². The van der Waals surface area contributed by atoms with Crippen LogP contribution in [0.3, 0.4) is 0 Å². The number of benzene rings is 1. The zero-order valence-corrected chi connectivity index (χ0v) is 11.6. The summed E-state index contributed by atoms with van der Waals surface area (Å²) >= 11 is 0. The third-order valence-corrected chi connectivity index (χ3v) is 2.82. The molecule has 0 radical (unpaired) electrons. The van der Waals surface area contributed by atoms with Gasteiger partial charge < -0.3 is 10.2 Å². The molecule has 0 aliphatic carbocycles. The first-order valence-corrected chi connectivity index (χ1v) is 6.19. The number of hydrogen-bond acceptors (Lipinski definition) is 3. The van der Waals surface area contributed by atoms with Crippen LogP contribution in [0.2, 0.25) is 0 Å². The summed E-state index contributed by atoms with van der Waals surface area (Å²) in [5, 5.41) is 2.69. The second-order valence-electron chi connectivity index (χ2n) is 4.71. The average molecular weight is 273 g/mol. The summed E-state index contributed by atoms with van der Waals surface area (Å²) in [6, 6.07) is 7.89. The smallest absolute Gasteiger partial charge is 0.258 e. The zero-order chi connectivity index (χ0) is 14.7. The van der Waals surface area contributed by atoms with Crippen LogP contribution in [0.15, 0.2) is 36.5 Å². The van der Waals surface area contributed by atoms with Crippen molar-refractivity contribution in [2.75, 3.05) is 24.3 Å². The van der Waals surface area contributed by atoms with E-state index in [0.717, 1.165) is 5.56 Å². The summed E-state index contributed by atoms with van der Waals surface area (Å²) in [5.74, 6) is -0.403. The van der Waals surface area contributed by atoms with Crippen LogP contribution >= 0.6 is 0 Å². The predicted molar refractivity (Wildman–Crippen MR) is 77.7 cm³/mol. The van der Waals surface area contributed by atoms with Crippen LogP contribution in [-0.4, -0.2) is 25.0 Å². The van der Waals surface area contributed by atoms with Crippen molar-refractivity contribution in [2.45, 2.75) is 6.92 Å². The second kappa shape index (κ2) is 5.69. The fourth-order valence-corrected chi connectivity index (χ4v) is 1.85. The first-order valence-electron chi connectivity index (χ1n) is 6.19. The van der Waals surface area contributed by atoms with Crippen molar-refractivity contribution in [2.24, 2.45) is 0 Å². The van der Waals surface area contributed by atoms with E-state index in [4.69, 9.17) is 0 Å². The van der Waals surface area contributed by atoms with Crippen molar-refractivity contribution < 1.29 is 9.18 Å². The minimum absolute atomic E-state index is 0.0264. The maximum Gasteiger partial charge on any atom is 0.258 e. The number of anilines is 2. The number of halogens is 1. The van der Waals surface area contributed by atoms with E-state index in [-0.39, 0.29) is 5.56 Å². The zero-order valence-electron chi connectivity index (χ0n) is 11.6. The van der Waals surface area contributed by atoms with E-state index in [0.29, 0.717) is 11.5 Å². The van der Waals surface area contributed by atoms with Gasteiger partial charge in [0.25, 0.3) is 5.91 Å². The molecule has 2 rings (SSSR count). The van der Waals surface area contributed by atoms with Crippen LogP contribution in [0.4, 0.5) is 15.9 Å². The Labute approximate surface area is 117 Å². The molecule has 1 heterocycles. The van der Waals surface area contributed by atoms with Crippen molar-refractivity contribution in [3.63, 3.8) is 0 Å². The average Bonchev–Trinajstić information content (AvgIpc) is 2.41. The molecule has 0 fully saturated rings. The second-order valence-corrected chi connectivity index (χ2v) is 4.71. The molecule has 0 saturated carbocycles. The number of aryl methyl sites for hydroxylation is 1. The molecule has 2 aromatic rings. The molecule has 1 aromatic carbocycles. The maximum absolute atomic E-state index is 13.7. The molecule has 0 spiro atoms. The Morgan fingerprint density at radius 2 is 2.05 bits per heavy atom. The molecule has 20 heavy (non-hydrogen) atoms. The van der Waals surface area contributed by atoms with E-state index in [1.807, 2.05) is 21.0 Å². The van der Waals surface area contributed by atoms with Crippen molar-refractivity contribution >= 4 is 17.4 Å². The lowest BCUT2D eigenvalue weighted by atomic mass is 10.1. The summed E-state index contributed by atoms with van der Waals surface area (Å²) in [5.41, 5.74) is 1.40. The minimum atomic E-state index is -0.539. The first-order chi connectivity index (χ1) is 9.49. The fraction of sp³-hybridized carbons (Fsp3) is 0.200. The van der Waals surface area contributed by atoms with Crippen LogP contribution in [0.25, 0.3) is 0 Å². The number of aromatic nitrogens is 1. The fourth-order valence-electron chi connectivity index (χ4n) is 1.85. The largest absolute Gasteiger partial charge is 0.361 e. The molecule has 0 atom stereocenters. The molecular formula is C15H16FN3O. The molecule has 5 heteroatoms. The van der Waals surface area contributed by atoms with Crippen LogP contribution in [0, 0.1) is 12.7 Å². The summed E-state index contributed by atoms with van der Waals surface area (Å²) < 4.78 is 13.7. The Hall–Kier alpha value is -2.43. The normalized spacial score (nSPS) is 10.2. The molecular weight excluding hydrogens is 257 g/mol. The topological polar surface area (TPSA) is 45.2 Å². The lowest BCUT2D eigenvalue weighted by Crippen LogP contribution is -2.18. The van der Waals surface area contributed by atoms with Gasteiger partial charge in [-0.05, 0) is 31.2 Å². The molecule has 0 saturated heterocycles. The third-order valence-electron chi connectivity index (χ3n) is 2.82. The maximum atomic E-state index is 13.7. The molecule has 0 unspecified atom stereocenters. The van der Waals surface area contributed by atoms with E-state index in [1.165, 1.54) is 12.1 Å². The van der Waals surface area contributed by atoms with E-state index in [2.05, 4.69) is 10.3 Å². The molecule has 104 valence electrons. The van der Waals surface area contributed by atoms with Gasteiger partial charge in [-0.15, -0.1) is 0 Å². The van der Waals surface area contributed by atoms with Crippen LogP contribution in [-0.2, 0) is 0 Å². The number of nitrogens with zero attached hydrogens (tertiary/aromatic N) is 2. The molecule has 1 amide bonds. The van der Waals surface area contributed by atoms with Crippen molar-refractivity contribution in [1.29, 1.82) is 0 Å². The Morgan fingerprint density at radius 3 is 2.75 bits per heavy atom. The Balaban J connectivity index is 2.31. The molecule has 0 bridgehead atoms. The summed E-state index contributed by atoms with van der Waals surface area (Å²) in [7, 11) is 3.65. The molecule has 0 aliphatic rings. The Bertz CT molecular complexity index is 641. The van der Waals surface area contributed by atoms with Crippen molar-refractivity contribution in [3.8, 4) is 0 Å². The lowest BCUT2D eigenvalue weighted by Gasteiger charge is -2.16. The summed E-state index contributed by atoms with van der Waals surface area (Å²) in [4.78, 5) is 18.1. The summed E-state index contributed by atoms with van der Waals surface area (Å²) in [6.45, 7) is 1.81. The number of amides is 1. The SMILES string of the molecule is Cc1ccc(F)c(C(=O)Nc2cccnc2N(C)C)c1. The molecule has 1 aromatic heterocycles. The van der Waals surface area contributed by atoms with Gasteiger partial charge in [0.05, 0.1) is 11.3 Å². The van der Waals surface area contributed by atoms with E-state index >= 15 is 0 Å². The third kappa shape index (κ3) is 2.93. The van der Waals surface area contributed by atoms with Gasteiger partial charge in [-0.2, -0.15) is 0 Å². The van der Waals surface area contributed by atoms with Gasteiger partial charge in [0, 0.05) is 20.3 Å². The quantitative estimate of drug-likeness (QED) is 0.935. The van der Waals surface area contributed by atoms with Gasteiger partial charge >= 0.3 is 0 Å². The van der Waals surface area contributed by atoms with Gasteiger partial charge in [0.2, 0.25) is 0 Å². The number of nitrogens with one attached hydrogen (secondary N) is 1. The van der Waals surface area contributed by atoms with E-state index in [9.17, 15) is 9.18 Å². The first kappa shape index (κ1) is 14.0. The number of carbonyl (C=O) groups excluding carboxylic acids is 1. The molecule has 4 nitrogen and oxygen atoms in total. The van der Waals surface area contributed by atoms with Gasteiger partial charge in [0.15, 0.2) is 5.82 Å². The number of carbonyl (C=O) groups is 1. The predicted octanol–water partition coefficient (Wildman–Crippen LogP) is 2.85. The monoisotopic (exact) mass is 273 g/mol. The highest BCUT2D eigenvalue weighted by molar-refractivity contribution is 6.05. The minimum Gasteiger partial charge on any atom is -0.361 e. The highest BCUT2D eigenvalue weighted by Crippen LogP contribution is 2.21. The Kier molecular flexibility index (Phi) is 3.98. The van der Waals surface area contributed by atoms with Crippen molar-refractivity contribution in [3.05, 3.63) is 53.5 Å². The number of hydrogen-bond donors (Lipinski definition) is 1. The van der Waals surface area contributed by atoms with E-state index in [1.54, 1.807) is 29.3 Å². The van der Waals surface area contributed by atoms with Gasteiger partial charge in [0.1, 0.15) is 5.82 Å². The number of pyridine rings is 1. The van der Waals surface area contributed by atoms with E-state index < -0.39 is 11.7 Å². The highest BCUT2D eigenvalue weighted by atomic mass is 19.1. The molecule has 0 aliphatic heterocycles. The highest BCUT2D eigenvalue weighted by Gasteiger charge is 2.14. The van der Waals surface area contributed by atoms with Gasteiger partial charge in [-0.25, -0.2) is 9.37 Å². The number of rotatable bonds is 3. The van der Waals surface area contributed by atoms with Crippen LogP contribution in [0.1, 0.15) is 15.9 Å². The summed E-state index contributed by atoms with van der Waals surface area (Å²) in [6.07, 6.45) is 1.64. The van der Waals surface area contributed by atoms with Gasteiger partial charge in [-0.3, -0.25) is 4.79 Å². The van der Waals surface area contributed by atoms with Crippen LogP contribution in [0.5, 0.6) is 0 Å². The van der Waals surface area contributed by atoms with Gasteiger partial charge in [-0.1, -0.05) is 11.6 Å². The lowest BCUT2D eigenvalue weighted by molar-refractivity contribution is 0.102. The van der Waals surface area contributed by atoms with Crippen molar-refractivity contribution in [1.82, 2.24) is 4.98 Å². The molecule has 1 N–H and O–H groups in total.